The number of amides is 2. The van der Waals surface area contributed by atoms with Gasteiger partial charge in [0.15, 0.2) is 6.61 Å². The summed E-state index contributed by atoms with van der Waals surface area (Å²) >= 11 is 3.36. The average molecular weight is 481 g/mol. The van der Waals surface area contributed by atoms with Crippen LogP contribution in [0.1, 0.15) is 63.2 Å². The van der Waals surface area contributed by atoms with Gasteiger partial charge in [-0.1, -0.05) is 42.6 Å². The summed E-state index contributed by atoms with van der Waals surface area (Å²) in [5.41, 5.74) is 0.637. The predicted octanol–water partition coefficient (Wildman–Crippen LogP) is 4.18. The predicted molar refractivity (Wildman–Crippen MR) is 120 cm³/mol. The molecule has 2 amide bonds. The molecule has 1 N–H and O–H groups in total. The van der Waals surface area contributed by atoms with Crippen LogP contribution in [0.4, 0.5) is 0 Å². The molecule has 30 heavy (non-hydrogen) atoms. The molecule has 0 radical (unpaired) electrons. The third-order valence-corrected chi connectivity index (χ3v) is 5.91. The van der Waals surface area contributed by atoms with Gasteiger partial charge in [0.1, 0.15) is 0 Å². The molecule has 7 heteroatoms. The van der Waals surface area contributed by atoms with Gasteiger partial charge in [-0.25, -0.2) is 0 Å². The van der Waals surface area contributed by atoms with Crippen LogP contribution in [0.3, 0.4) is 0 Å². The van der Waals surface area contributed by atoms with Gasteiger partial charge in [0.05, 0.1) is 5.92 Å². The van der Waals surface area contributed by atoms with Crippen LogP contribution < -0.4 is 5.32 Å². The molecule has 1 aliphatic rings. The van der Waals surface area contributed by atoms with Gasteiger partial charge in [0.2, 0.25) is 0 Å². The Morgan fingerprint density at radius 3 is 2.33 bits per heavy atom. The molecule has 166 valence electrons. The minimum Gasteiger partial charge on any atom is -0.455 e. The number of carbonyl (C=O) groups is 3. The summed E-state index contributed by atoms with van der Waals surface area (Å²) in [6.07, 6.45) is 4.22. The van der Waals surface area contributed by atoms with Crippen molar-refractivity contribution in [2.24, 2.45) is 11.8 Å². The van der Waals surface area contributed by atoms with Crippen LogP contribution in [0.5, 0.6) is 0 Å². The van der Waals surface area contributed by atoms with E-state index >= 15 is 0 Å². The fraction of sp³-hybridized carbons (Fsp3) is 0.609. The molecule has 1 saturated heterocycles. The molecule has 1 atom stereocenters. The van der Waals surface area contributed by atoms with E-state index in [2.05, 4.69) is 35.1 Å². The summed E-state index contributed by atoms with van der Waals surface area (Å²) in [6, 6.07) is 7.33. The first-order valence-electron chi connectivity index (χ1n) is 10.8. The molecule has 1 aromatic rings. The van der Waals surface area contributed by atoms with E-state index in [9.17, 15) is 14.4 Å². The van der Waals surface area contributed by atoms with Gasteiger partial charge in [-0.15, -0.1) is 0 Å². The summed E-state index contributed by atoms with van der Waals surface area (Å²) in [5.74, 6) is -0.252. The van der Waals surface area contributed by atoms with E-state index < -0.39 is 0 Å². The third-order valence-electron chi connectivity index (χ3n) is 5.38. The van der Waals surface area contributed by atoms with Crippen molar-refractivity contribution in [3.05, 3.63) is 34.3 Å². The van der Waals surface area contributed by atoms with Crippen molar-refractivity contribution in [3.63, 3.8) is 0 Å². The zero-order valence-corrected chi connectivity index (χ0v) is 19.7. The second-order valence-corrected chi connectivity index (χ2v) is 9.39. The SMILES string of the molecule is CC(C)CCCC(C)NC(=O)COC(=O)C1CCN(C(=O)c2ccc(Br)cc2)CC1. The molecule has 0 aromatic heterocycles. The normalized spacial score (nSPS) is 15.7. The maximum Gasteiger partial charge on any atom is 0.309 e. The van der Waals surface area contributed by atoms with Gasteiger partial charge in [0.25, 0.3) is 11.8 Å². The van der Waals surface area contributed by atoms with Crippen molar-refractivity contribution in [2.45, 2.75) is 58.9 Å². The lowest BCUT2D eigenvalue weighted by atomic mass is 9.96. The summed E-state index contributed by atoms with van der Waals surface area (Å²) in [4.78, 5) is 38.6. The van der Waals surface area contributed by atoms with Crippen molar-refractivity contribution in [1.82, 2.24) is 10.2 Å². The molecule has 2 rings (SSSR count). The van der Waals surface area contributed by atoms with Crippen molar-refractivity contribution in [1.29, 1.82) is 0 Å². The molecule has 1 aromatic carbocycles. The van der Waals surface area contributed by atoms with Gasteiger partial charge in [0, 0.05) is 29.2 Å². The standard InChI is InChI=1S/C23H33BrN2O4/c1-16(2)5-4-6-17(3)25-21(27)15-30-23(29)19-11-13-26(14-12-19)22(28)18-7-9-20(24)10-8-18/h7-10,16-17,19H,4-6,11-15H2,1-3H3,(H,25,27). The van der Waals surface area contributed by atoms with Crippen molar-refractivity contribution < 1.29 is 19.1 Å². The number of likely N-dealkylation sites (tertiary alicyclic amines) is 1. The summed E-state index contributed by atoms with van der Waals surface area (Å²) < 4.78 is 6.15. The topological polar surface area (TPSA) is 75.7 Å². The highest BCUT2D eigenvalue weighted by Crippen LogP contribution is 2.21. The number of rotatable bonds is 9. The molecule has 0 bridgehead atoms. The molecular formula is C23H33BrN2O4. The van der Waals surface area contributed by atoms with Crippen LogP contribution in [0.15, 0.2) is 28.7 Å². The summed E-state index contributed by atoms with van der Waals surface area (Å²) in [5, 5.41) is 2.88. The monoisotopic (exact) mass is 480 g/mol. The molecule has 1 unspecified atom stereocenters. The molecule has 1 heterocycles. The van der Waals surface area contributed by atoms with Crippen LogP contribution in [0.2, 0.25) is 0 Å². The van der Waals surface area contributed by atoms with E-state index in [1.165, 1.54) is 0 Å². The number of hydrogen-bond acceptors (Lipinski definition) is 4. The molecule has 1 fully saturated rings. The van der Waals surface area contributed by atoms with Crippen LogP contribution in [0.25, 0.3) is 0 Å². The fourth-order valence-electron chi connectivity index (χ4n) is 3.57. The van der Waals surface area contributed by atoms with E-state index in [-0.39, 0.29) is 36.4 Å². The maximum absolute atomic E-state index is 12.6. The van der Waals surface area contributed by atoms with Crippen molar-refractivity contribution in [3.8, 4) is 0 Å². The third kappa shape index (κ3) is 8.09. The first-order valence-corrected chi connectivity index (χ1v) is 11.6. The van der Waals surface area contributed by atoms with Crippen molar-refractivity contribution in [2.75, 3.05) is 19.7 Å². The smallest absolute Gasteiger partial charge is 0.309 e. The summed E-state index contributed by atoms with van der Waals surface area (Å²) in [7, 11) is 0. The highest BCUT2D eigenvalue weighted by Gasteiger charge is 2.29. The number of benzene rings is 1. The number of halogens is 1. The molecular weight excluding hydrogens is 448 g/mol. The lowest BCUT2D eigenvalue weighted by Crippen LogP contribution is -2.41. The minimum absolute atomic E-state index is 0.0276. The summed E-state index contributed by atoms with van der Waals surface area (Å²) in [6.45, 7) is 7.11. The van der Waals surface area contributed by atoms with E-state index in [4.69, 9.17) is 4.74 Å². The van der Waals surface area contributed by atoms with Gasteiger partial charge < -0.3 is 15.0 Å². The van der Waals surface area contributed by atoms with Crippen LogP contribution in [-0.4, -0.2) is 48.4 Å². The maximum atomic E-state index is 12.6. The molecule has 6 nitrogen and oxygen atoms in total. The van der Waals surface area contributed by atoms with Gasteiger partial charge in [-0.2, -0.15) is 0 Å². The second kappa shape index (κ2) is 12.1. The lowest BCUT2D eigenvalue weighted by molar-refractivity contribution is -0.154. The number of nitrogens with one attached hydrogen (secondary N) is 1. The number of ether oxygens (including phenoxy) is 1. The zero-order chi connectivity index (χ0) is 22.1. The van der Waals surface area contributed by atoms with Gasteiger partial charge in [-0.3, -0.25) is 14.4 Å². The van der Waals surface area contributed by atoms with Gasteiger partial charge in [-0.05, 0) is 56.4 Å². The Labute approximate surface area is 187 Å². The Bertz CT molecular complexity index is 712. The van der Waals surface area contributed by atoms with E-state index in [0.717, 1.165) is 23.7 Å². The first kappa shape index (κ1) is 24.4. The quantitative estimate of drug-likeness (QED) is 0.537. The fourth-order valence-corrected chi connectivity index (χ4v) is 3.83. The first-order chi connectivity index (χ1) is 14.3. The number of hydrogen-bond donors (Lipinski definition) is 1. The van der Waals surface area contributed by atoms with E-state index in [1.807, 2.05) is 19.1 Å². The number of piperidine rings is 1. The Hall–Kier alpha value is -1.89. The highest BCUT2D eigenvalue weighted by atomic mass is 79.9. The number of esters is 1. The Kier molecular flexibility index (Phi) is 9.82. The number of nitrogens with zero attached hydrogens (tertiary/aromatic N) is 1. The Morgan fingerprint density at radius 1 is 1.10 bits per heavy atom. The highest BCUT2D eigenvalue weighted by molar-refractivity contribution is 9.10. The van der Waals surface area contributed by atoms with Crippen LogP contribution >= 0.6 is 15.9 Å². The molecule has 0 saturated carbocycles. The lowest BCUT2D eigenvalue weighted by Gasteiger charge is -2.31. The van der Waals surface area contributed by atoms with Crippen LogP contribution in [-0.2, 0) is 14.3 Å². The van der Waals surface area contributed by atoms with E-state index in [0.29, 0.717) is 37.4 Å². The minimum atomic E-state index is -0.353. The van der Waals surface area contributed by atoms with Crippen molar-refractivity contribution >= 4 is 33.7 Å². The molecule has 1 aliphatic heterocycles. The van der Waals surface area contributed by atoms with Gasteiger partial charge >= 0.3 is 5.97 Å². The Balaban J connectivity index is 1.68. The largest absolute Gasteiger partial charge is 0.455 e. The zero-order valence-electron chi connectivity index (χ0n) is 18.2. The second-order valence-electron chi connectivity index (χ2n) is 8.47. The Morgan fingerprint density at radius 2 is 1.73 bits per heavy atom. The average Bonchev–Trinajstić information content (AvgIpc) is 2.72. The molecule has 0 aliphatic carbocycles. The van der Waals surface area contributed by atoms with Crippen LogP contribution in [0, 0.1) is 11.8 Å². The molecule has 0 spiro atoms. The number of carbonyl (C=O) groups excluding carboxylic acids is 3. The van der Waals surface area contributed by atoms with E-state index in [1.54, 1.807) is 17.0 Å².